The molecular formula is C60H48O24. The van der Waals surface area contributed by atoms with E-state index >= 15 is 0 Å². The van der Waals surface area contributed by atoms with Gasteiger partial charge < -0.3 is 121 Å². The number of benzene rings is 8. The van der Waals surface area contributed by atoms with Gasteiger partial charge in [-0.15, -0.1) is 0 Å². The largest absolute Gasteiger partial charge is 0.508 e. The van der Waals surface area contributed by atoms with Gasteiger partial charge in [-0.25, -0.2) is 0 Å². The minimum absolute atomic E-state index is 0.0155. The number of phenolic OH excluding ortho intramolecular Hbond substituents is 15. The van der Waals surface area contributed by atoms with Crippen molar-refractivity contribution in [1.82, 2.24) is 0 Å². The van der Waals surface area contributed by atoms with E-state index in [0.717, 1.165) is 78.9 Å². The summed E-state index contributed by atoms with van der Waals surface area (Å²) in [4.78, 5) is 0. The number of phenols is 15. The first-order chi connectivity index (χ1) is 40.0. The maximum atomic E-state index is 13.2. The molecule has 0 amide bonds. The van der Waals surface area contributed by atoms with Gasteiger partial charge in [-0.3, -0.25) is 0 Å². The Kier molecular flexibility index (Phi) is 11.7. The molecule has 0 saturated heterocycles. The molecule has 432 valence electrons. The second-order valence-electron chi connectivity index (χ2n) is 21.2. The molecule has 2 bridgehead atoms. The predicted octanol–water partition coefficient (Wildman–Crippen LogP) is 5.69. The summed E-state index contributed by atoms with van der Waals surface area (Å²) in [7, 11) is 0. The summed E-state index contributed by atoms with van der Waals surface area (Å²) in [6, 6.07) is 18.4. The average Bonchev–Trinajstić information content (AvgIpc) is 1.16. The van der Waals surface area contributed by atoms with Crippen molar-refractivity contribution in [3.8, 4) is 115 Å². The average molecular weight is 1150 g/mol. The van der Waals surface area contributed by atoms with Crippen molar-refractivity contribution in [1.29, 1.82) is 0 Å². The molecule has 11 atom stereocenters. The third kappa shape index (κ3) is 7.68. The van der Waals surface area contributed by atoms with Crippen molar-refractivity contribution < 1.29 is 121 Å². The standard InChI is InChI=1S/C60H48O24/c61-23-13-34(71)42-39(14-23)80-55(20-2-6-26(63)31(68)10-20)52(77)48(42)43-36(73)17-40-46(51(43)76)50-47-41(84-60(83-40,59(50)79)22-4-8-28(65)33(70)12-22)18-37(74)45-49(53(78)56(82-58(45)47)21-3-7-27(64)32(69)11-21)44-35(72)16-29(66)24-15-38(75)54(81-57(24)44)19-1-5-25(62)30(67)9-19/h1-14,16-18,38,48-50,52-56,59,61-79H,15H2/t38-,48+,49+,50-,52-,53-,54-,55-,56-,59-,60+/m1/s1. The fraction of sp³-hybridized carbons (Fsp3) is 0.200. The predicted molar refractivity (Wildman–Crippen MR) is 283 cm³/mol. The Bertz CT molecular complexity index is 4110. The zero-order valence-electron chi connectivity index (χ0n) is 42.8. The molecule has 0 fully saturated rings. The topological polar surface area (TPSA) is 431 Å². The van der Waals surface area contributed by atoms with E-state index in [-0.39, 0.29) is 56.0 Å². The van der Waals surface area contributed by atoms with Crippen LogP contribution in [0.4, 0.5) is 0 Å². The van der Waals surface area contributed by atoms with E-state index < -0.39 is 193 Å². The maximum Gasteiger partial charge on any atom is 0.305 e. The number of aliphatic hydroxyl groups excluding tert-OH is 4. The van der Waals surface area contributed by atoms with Crippen LogP contribution in [-0.4, -0.2) is 121 Å². The summed E-state index contributed by atoms with van der Waals surface area (Å²) >= 11 is 0. The molecule has 0 saturated carbocycles. The van der Waals surface area contributed by atoms with Crippen molar-refractivity contribution in [2.75, 3.05) is 0 Å². The van der Waals surface area contributed by atoms with Crippen LogP contribution in [0.5, 0.6) is 115 Å². The van der Waals surface area contributed by atoms with Gasteiger partial charge >= 0.3 is 5.79 Å². The van der Waals surface area contributed by atoms with Crippen LogP contribution in [0.3, 0.4) is 0 Å². The summed E-state index contributed by atoms with van der Waals surface area (Å²) in [5, 5.41) is 218. The Morgan fingerprint density at radius 3 is 1.38 bits per heavy atom. The van der Waals surface area contributed by atoms with E-state index in [1.54, 1.807) is 0 Å². The Balaban J connectivity index is 1.08. The van der Waals surface area contributed by atoms with Gasteiger partial charge in [0.1, 0.15) is 93.4 Å². The summed E-state index contributed by atoms with van der Waals surface area (Å²) in [5.41, 5.74) is -2.68. The first-order valence-corrected chi connectivity index (χ1v) is 25.8. The van der Waals surface area contributed by atoms with Gasteiger partial charge in [0, 0.05) is 81.3 Å². The molecule has 5 aliphatic heterocycles. The highest BCUT2D eigenvalue weighted by Crippen LogP contribution is 2.67. The van der Waals surface area contributed by atoms with Crippen LogP contribution in [-0.2, 0) is 12.2 Å². The van der Waals surface area contributed by atoms with Crippen LogP contribution in [0.1, 0.15) is 97.3 Å². The Morgan fingerprint density at radius 2 is 0.810 bits per heavy atom. The highest BCUT2D eigenvalue weighted by Gasteiger charge is 2.62. The number of fused-ring (bicyclic) bond motifs is 10. The lowest BCUT2D eigenvalue weighted by Gasteiger charge is -2.51. The molecule has 5 aliphatic rings. The van der Waals surface area contributed by atoms with E-state index in [1.165, 1.54) is 24.3 Å². The Labute approximate surface area is 471 Å². The van der Waals surface area contributed by atoms with Crippen molar-refractivity contribution >= 4 is 0 Å². The third-order valence-corrected chi connectivity index (χ3v) is 16.4. The van der Waals surface area contributed by atoms with Crippen LogP contribution in [0.15, 0.2) is 103 Å². The smallest absolute Gasteiger partial charge is 0.305 e. The molecule has 0 aliphatic carbocycles. The second kappa shape index (κ2) is 18.6. The molecule has 8 aromatic rings. The second-order valence-corrected chi connectivity index (χ2v) is 21.2. The zero-order valence-corrected chi connectivity index (χ0v) is 42.8. The molecular weight excluding hydrogens is 1100 g/mol. The van der Waals surface area contributed by atoms with Gasteiger partial charge in [-0.2, -0.15) is 0 Å². The maximum absolute atomic E-state index is 13.2. The molecule has 13 rings (SSSR count). The fourth-order valence-corrected chi connectivity index (χ4v) is 12.5. The lowest BCUT2D eigenvalue weighted by atomic mass is 9.70. The fourth-order valence-electron chi connectivity index (χ4n) is 12.5. The molecule has 19 N–H and O–H groups in total. The molecule has 24 nitrogen and oxygen atoms in total. The van der Waals surface area contributed by atoms with E-state index in [9.17, 15) is 97.0 Å². The molecule has 8 aromatic carbocycles. The summed E-state index contributed by atoms with van der Waals surface area (Å²) < 4.78 is 32.4. The monoisotopic (exact) mass is 1150 g/mol. The highest BCUT2D eigenvalue weighted by atomic mass is 16.7. The number of aliphatic hydroxyl groups is 4. The number of rotatable bonds is 6. The minimum atomic E-state index is -2.58. The number of aromatic hydroxyl groups is 15. The van der Waals surface area contributed by atoms with Crippen LogP contribution in [0, 0.1) is 0 Å². The number of hydrogen-bond acceptors (Lipinski definition) is 24. The van der Waals surface area contributed by atoms with Crippen molar-refractivity contribution in [3.63, 3.8) is 0 Å². The normalized spacial score (nSPS) is 25.1. The van der Waals surface area contributed by atoms with Gasteiger partial charge in [0.05, 0.1) is 23.9 Å². The first-order valence-electron chi connectivity index (χ1n) is 25.8. The summed E-state index contributed by atoms with van der Waals surface area (Å²) in [6.07, 6.45) is -12.7. The van der Waals surface area contributed by atoms with Gasteiger partial charge in [-0.1, -0.05) is 18.2 Å². The molecule has 0 spiro atoms. The quantitative estimate of drug-likeness (QED) is 0.0889. The summed E-state index contributed by atoms with van der Waals surface area (Å²) in [5.74, 6) is -20.2. The van der Waals surface area contributed by atoms with Crippen LogP contribution < -0.4 is 23.7 Å². The van der Waals surface area contributed by atoms with Gasteiger partial charge in [0.25, 0.3) is 0 Å². The van der Waals surface area contributed by atoms with Gasteiger partial charge in [0.15, 0.2) is 58.2 Å². The Hall–Kier alpha value is -10.4. The van der Waals surface area contributed by atoms with Crippen molar-refractivity contribution in [2.45, 2.75) is 72.7 Å². The number of hydrogen-bond donors (Lipinski definition) is 19. The molecule has 84 heavy (non-hydrogen) atoms. The SMILES string of the molecule is Oc1cc(O)c2c(c1)O[C@H](c1ccc(O)c(O)c1)[C@H](O)[C@@H]2c1c(O)cc2c(c1O)[C@@H]1c3c(cc(O)c4c3O[C@H](c3ccc(O)c(O)c3)[C@H](O)[C@H]4c3c(O)cc(O)c4c3O[C@H](c3ccc(O)c(O)c3)[C@H](O)C4)O[C@](c3ccc(O)c(O)c3)(O2)[C@@H]1O. The molecule has 0 unspecified atom stereocenters. The van der Waals surface area contributed by atoms with E-state index in [1.807, 2.05) is 0 Å². The van der Waals surface area contributed by atoms with Crippen molar-refractivity contribution in [3.05, 3.63) is 164 Å². The number of ether oxygens (including phenoxy) is 5. The molecule has 5 heterocycles. The Morgan fingerprint density at radius 1 is 0.345 bits per heavy atom. The van der Waals surface area contributed by atoms with Gasteiger partial charge in [0.2, 0.25) is 0 Å². The molecule has 24 heteroatoms. The van der Waals surface area contributed by atoms with Crippen molar-refractivity contribution in [2.24, 2.45) is 0 Å². The molecule has 0 radical (unpaired) electrons. The van der Waals surface area contributed by atoms with E-state index in [2.05, 4.69) is 0 Å². The lowest BCUT2D eigenvalue weighted by Crippen LogP contribution is -2.57. The third-order valence-electron chi connectivity index (χ3n) is 16.4. The van der Waals surface area contributed by atoms with E-state index in [0.29, 0.717) is 0 Å². The molecule has 0 aromatic heterocycles. The van der Waals surface area contributed by atoms with E-state index in [4.69, 9.17) is 23.7 Å². The lowest BCUT2D eigenvalue weighted by molar-refractivity contribution is -0.219. The first kappa shape index (κ1) is 52.9. The zero-order chi connectivity index (χ0) is 59.4. The summed E-state index contributed by atoms with van der Waals surface area (Å²) in [6.45, 7) is 0. The van der Waals surface area contributed by atoms with Crippen LogP contribution in [0.2, 0.25) is 0 Å². The van der Waals surface area contributed by atoms with Gasteiger partial charge in [-0.05, 0) is 71.3 Å². The minimum Gasteiger partial charge on any atom is -0.508 e. The highest BCUT2D eigenvalue weighted by molar-refractivity contribution is 5.74. The van der Waals surface area contributed by atoms with Crippen LogP contribution in [0.25, 0.3) is 0 Å². The van der Waals surface area contributed by atoms with Crippen LogP contribution >= 0.6 is 0 Å².